The van der Waals surface area contributed by atoms with Crippen molar-refractivity contribution in [3.05, 3.63) is 48.5 Å². The van der Waals surface area contributed by atoms with Crippen LogP contribution in [-0.4, -0.2) is 33.4 Å². The second kappa shape index (κ2) is 7.54. The summed E-state index contributed by atoms with van der Waals surface area (Å²) in [5.41, 5.74) is 10.8. The molecule has 0 aliphatic rings. The molecular weight excluding hydrogens is 286 g/mol. The van der Waals surface area contributed by atoms with Crippen LogP contribution in [-0.2, 0) is 0 Å². The molecule has 0 aliphatic heterocycles. The molecule has 5 nitrogen and oxygen atoms in total. The number of nitrogens with zero attached hydrogens (tertiary/aromatic N) is 3. The zero-order valence-corrected chi connectivity index (χ0v) is 14.2. The highest BCUT2D eigenvalue weighted by Crippen LogP contribution is 2.23. The first kappa shape index (κ1) is 16.7. The zero-order chi connectivity index (χ0) is 16.8. The molecule has 0 saturated heterocycles. The Labute approximate surface area is 138 Å². The van der Waals surface area contributed by atoms with Gasteiger partial charge in [0.25, 0.3) is 0 Å². The Kier molecular flexibility index (Phi) is 5.46. The van der Waals surface area contributed by atoms with Crippen molar-refractivity contribution in [1.82, 2.24) is 0 Å². The van der Waals surface area contributed by atoms with Gasteiger partial charge in [-0.05, 0) is 43.3 Å². The average molecular weight is 311 g/mol. The zero-order valence-electron chi connectivity index (χ0n) is 14.2. The van der Waals surface area contributed by atoms with Gasteiger partial charge in [0.05, 0.1) is 29.3 Å². The van der Waals surface area contributed by atoms with E-state index in [-0.39, 0.29) is 0 Å². The first-order chi connectivity index (χ1) is 11.0. The van der Waals surface area contributed by atoms with E-state index in [4.69, 9.17) is 5.73 Å². The summed E-state index contributed by atoms with van der Waals surface area (Å²) in [6, 6.07) is 15.9. The molecule has 5 heteroatoms. The fourth-order valence-corrected chi connectivity index (χ4v) is 2.48. The number of anilines is 4. The van der Waals surface area contributed by atoms with Crippen molar-refractivity contribution in [2.75, 3.05) is 48.6 Å². The van der Waals surface area contributed by atoms with Gasteiger partial charge < -0.3 is 16.0 Å². The molecule has 2 aromatic carbocycles. The largest absolute Gasteiger partial charge is 0.399 e. The topological polar surface area (TPSA) is 56.9 Å². The van der Waals surface area contributed by atoms with Gasteiger partial charge in [-0.15, -0.1) is 0 Å². The lowest BCUT2D eigenvalue weighted by molar-refractivity contribution is 0.982. The Morgan fingerprint density at radius 2 is 1.74 bits per heavy atom. The Balaban J connectivity index is 2.08. The molecule has 0 aromatic heterocycles. The van der Waals surface area contributed by atoms with Crippen LogP contribution in [0.3, 0.4) is 0 Å². The van der Waals surface area contributed by atoms with Crippen molar-refractivity contribution in [2.24, 2.45) is 5.10 Å². The molecule has 3 N–H and O–H groups in total. The van der Waals surface area contributed by atoms with Crippen molar-refractivity contribution >= 4 is 28.5 Å². The van der Waals surface area contributed by atoms with Gasteiger partial charge in [-0.2, -0.15) is 5.10 Å². The van der Waals surface area contributed by atoms with Crippen LogP contribution in [0.1, 0.15) is 6.92 Å². The summed E-state index contributed by atoms with van der Waals surface area (Å²) in [6.07, 6.45) is 0. The lowest BCUT2D eigenvalue weighted by atomic mass is 10.2. The molecule has 23 heavy (non-hydrogen) atoms. The van der Waals surface area contributed by atoms with Crippen LogP contribution < -0.4 is 21.0 Å². The minimum absolute atomic E-state index is 0.748. The van der Waals surface area contributed by atoms with E-state index < -0.39 is 0 Å². The highest BCUT2D eigenvalue weighted by atomic mass is 15.4. The fraction of sp³-hybridized carbons (Fsp3) is 0.278. The molecule has 0 atom stereocenters. The third-order valence-electron chi connectivity index (χ3n) is 3.64. The highest BCUT2D eigenvalue weighted by molar-refractivity contribution is 5.88. The van der Waals surface area contributed by atoms with Crippen LogP contribution in [0.25, 0.3) is 0 Å². The van der Waals surface area contributed by atoms with Crippen LogP contribution in [0.15, 0.2) is 53.6 Å². The normalized spacial score (nSPS) is 11.2. The van der Waals surface area contributed by atoms with Gasteiger partial charge in [-0.1, -0.05) is 12.1 Å². The molecule has 0 bridgehead atoms. The second-order valence-electron chi connectivity index (χ2n) is 5.57. The van der Waals surface area contributed by atoms with E-state index >= 15 is 0 Å². The standard InChI is InChI=1S/C18H25N5/c1-14(21-23(4)16-11-9-15(19)10-12-16)13-22(3)18-8-6-5-7-17(18)20-2/h5-12,20H,13,19H2,1-4H3/b21-14+. The van der Waals surface area contributed by atoms with Crippen molar-refractivity contribution in [3.63, 3.8) is 0 Å². The summed E-state index contributed by atoms with van der Waals surface area (Å²) >= 11 is 0. The molecular formula is C18H25N5. The van der Waals surface area contributed by atoms with E-state index in [1.807, 2.05) is 62.4 Å². The molecule has 122 valence electrons. The number of benzene rings is 2. The highest BCUT2D eigenvalue weighted by Gasteiger charge is 2.07. The van der Waals surface area contributed by atoms with Gasteiger partial charge in [-0.25, -0.2) is 0 Å². The van der Waals surface area contributed by atoms with E-state index in [0.29, 0.717) is 0 Å². The van der Waals surface area contributed by atoms with E-state index in [2.05, 4.69) is 34.5 Å². The number of hydrogen-bond acceptors (Lipinski definition) is 5. The number of nitrogen functional groups attached to an aromatic ring is 1. The molecule has 0 aliphatic carbocycles. The molecule has 0 saturated carbocycles. The summed E-state index contributed by atoms with van der Waals surface area (Å²) in [5.74, 6) is 0. The first-order valence-electron chi connectivity index (χ1n) is 7.62. The maximum Gasteiger partial charge on any atom is 0.0602 e. The smallest absolute Gasteiger partial charge is 0.0602 e. The minimum Gasteiger partial charge on any atom is -0.399 e. The van der Waals surface area contributed by atoms with Crippen molar-refractivity contribution in [1.29, 1.82) is 0 Å². The van der Waals surface area contributed by atoms with Crippen molar-refractivity contribution in [3.8, 4) is 0 Å². The Morgan fingerprint density at radius 3 is 2.39 bits per heavy atom. The van der Waals surface area contributed by atoms with E-state index in [1.54, 1.807) is 0 Å². The van der Waals surface area contributed by atoms with Crippen LogP contribution in [0.5, 0.6) is 0 Å². The van der Waals surface area contributed by atoms with Crippen LogP contribution in [0.2, 0.25) is 0 Å². The lowest BCUT2D eigenvalue weighted by Gasteiger charge is -2.23. The maximum atomic E-state index is 5.72. The van der Waals surface area contributed by atoms with Crippen LogP contribution >= 0.6 is 0 Å². The number of para-hydroxylation sites is 2. The number of nitrogens with one attached hydrogen (secondary N) is 1. The summed E-state index contributed by atoms with van der Waals surface area (Å²) in [4.78, 5) is 2.18. The van der Waals surface area contributed by atoms with E-state index in [0.717, 1.165) is 35.0 Å². The molecule has 0 radical (unpaired) electrons. The summed E-state index contributed by atoms with van der Waals surface area (Å²) in [6.45, 7) is 2.78. The van der Waals surface area contributed by atoms with Gasteiger partial charge in [0, 0.05) is 26.8 Å². The van der Waals surface area contributed by atoms with Gasteiger partial charge in [0.15, 0.2) is 0 Å². The summed E-state index contributed by atoms with van der Waals surface area (Å²) in [7, 11) is 5.94. The lowest BCUT2D eigenvalue weighted by Crippen LogP contribution is -2.26. The molecule has 0 fully saturated rings. The molecule has 0 amide bonds. The van der Waals surface area contributed by atoms with Gasteiger partial charge in [-0.3, -0.25) is 5.01 Å². The monoisotopic (exact) mass is 311 g/mol. The maximum absolute atomic E-state index is 5.72. The number of nitrogens with two attached hydrogens (primary N) is 1. The van der Waals surface area contributed by atoms with E-state index in [1.165, 1.54) is 0 Å². The Hall–Kier alpha value is -2.69. The third-order valence-corrected chi connectivity index (χ3v) is 3.64. The summed E-state index contributed by atoms with van der Waals surface area (Å²) in [5, 5.41) is 9.73. The quantitative estimate of drug-likeness (QED) is 0.488. The fourth-order valence-electron chi connectivity index (χ4n) is 2.48. The SMILES string of the molecule is CNc1ccccc1N(C)C/C(C)=N/N(C)c1ccc(N)cc1. The molecule has 2 aromatic rings. The van der Waals surface area contributed by atoms with Crippen molar-refractivity contribution in [2.45, 2.75) is 6.92 Å². The third kappa shape index (κ3) is 4.39. The van der Waals surface area contributed by atoms with Gasteiger partial charge in [0.1, 0.15) is 0 Å². The Morgan fingerprint density at radius 1 is 1.09 bits per heavy atom. The summed E-state index contributed by atoms with van der Waals surface area (Å²) < 4.78 is 0. The van der Waals surface area contributed by atoms with E-state index in [9.17, 15) is 0 Å². The van der Waals surface area contributed by atoms with Gasteiger partial charge in [0.2, 0.25) is 0 Å². The molecule has 0 unspecified atom stereocenters. The predicted molar refractivity (Wildman–Crippen MR) is 102 cm³/mol. The number of rotatable bonds is 6. The predicted octanol–water partition coefficient (Wildman–Crippen LogP) is 3.26. The molecule has 0 heterocycles. The first-order valence-corrected chi connectivity index (χ1v) is 7.62. The Bertz CT molecular complexity index is 663. The molecule has 2 rings (SSSR count). The number of hydrogen-bond donors (Lipinski definition) is 2. The van der Waals surface area contributed by atoms with Crippen molar-refractivity contribution < 1.29 is 0 Å². The second-order valence-corrected chi connectivity index (χ2v) is 5.57. The number of hydrazone groups is 1. The van der Waals surface area contributed by atoms with Crippen LogP contribution in [0.4, 0.5) is 22.7 Å². The minimum atomic E-state index is 0.748. The average Bonchev–Trinajstić information content (AvgIpc) is 2.55. The molecule has 0 spiro atoms. The van der Waals surface area contributed by atoms with Crippen LogP contribution in [0, 0.1) is 0 Å². The van der Waals surface area contributed by atoms with Gasteiger partial charge >= 0.3 is 0 Å².